The van der Waals surface area contributed by atoms with Gasteiger partial charge in [0.2, 0.25) is 5.91 Å². The van der Waals surface area contributed by atoms with Crippen molar-refractivity contribution in [3.8, 4) is 12.3 Å². The molecule has 0 unspecified atom stereocenters. The molecule has 1 N–H and O–H groups in total. The monoisotopic (exact) mass is 291 g/mol. The van der Waals surface area contributed by atoms with Crippen molar-refractivity contribution in [2.45, 2.75) is 0 Å². The first kappa shape index (κ1) is 14.7. The predicted molar refractivity (Wildman–Crippen MR) is 81.9 cm³/mol. The van der Waals surface area contributed by atoms with Crippen molar-refractivity contribution in [1.82, 2.24) is 10.2 Å². The number of piperazine rings is 1. The van der Waals surface area contributed by atoms with Crippen LogP contribution >= 0.6 is 11.6 Å². The third kappa shape index (κ3) is 3.89. The molecule has 0 bridgehead atoms. The summed E-state index contributed by atoms with van der Waals surface area (Å²) in [7, 11) is 0. The van der Waals surface area contributed by atoms with Gasteiger partial charge in [-0.15, -0.1) is 6.42 Å². The van der Waals surface area contributed by atoms with Crippen molar-refractivity contribution in [2.75, 3.05) is 44.2 Å². The Kier molecular flexibility index (Phi) is 5.28. The molecular weight excluding hydrogens is 274 g/mol. The molecule has 1 aromatic carbocycles. The zero-order chi connectivity index (χ0) is 14.4. The largest absolute Gasteiger partial charge is 0.368 e. The minimum atomic E-state index is 0.103. The van der Waals surface area contributed by atoms with Gasteiger partial charge in [-0.3, -0.25) is 10.1 Å². The molecule has 1 aliphatic heterocycles. The molecule has 0 aliphatic carbocycles. The molecule has 1 fully saturated rings. The number of terminal acetylenes is 1. The van der Waals surface area contributed by atoms with Crippen molar-refractivity contribution in [3.63, 3.8) is 0 Å². The summed E-state index contributed by atoms with van der Waals surface area (Å²) in [6, 6.07) is 7.80. The normalized spacial score (nSPS) is 15.0. The van der Waals surface area contributed by atoms with Gasteiger partial charge in [-0.2, -0.15) is 0 Å². The van der Waals surface area contributed by atoms with Crippen LogP contribution in [-0.4, -0.2) is 50.1 Å². The van der Waals surface area contributed by atoms with Crippen LogP contribution in [0.2, 0.25) is 5.02 Å². The Morgan fingerprint density at radius 2 is 2.10 bits per heavy atom. The van der Waals surface area contributed by atoms with E-state index < -0.39 is 0 Å². The lowest BCUT2D eigenvalue weighted by Crippen LogP contribution is -2.50. The highest BCUT2D eigenvalue weighted by Gasteiger charge is 2.20. The van der Waals surface area contributed by atoms with Crippen molar-refractivity contribution in [2.24, 2.45) is 0 Å². The van der Waals surface area contributed by atoms with E-state index in [1.165, 1.54) is 0 Å². The molecule has 2 rings (SSSR count). The Morgan fingerprint density at radius 1 is 1.35 bits per heavy atom. The van der Waals surface area contributed by atoms with Crippen LogP contribution < -0.4 is 10.2 Å². The second-order valence-electron chi connectivity index (χ2n) is 4.66. The van der Waals surface area contributed by atoms with Crippen LogP contribution in [0.25, 0.3) is 0 Å². The van der Waals surface area contributed by atoms with E-state index in [9.17, 15) is 4.79 Å². The molecule has 1 heterocycles. The number of rotatable bonds is 4. The van der Waals surface area contributed by atoms with E-state index in [2.05, 4.69) is 16.1 Å². The molecule has 0 spiro atoms. The fraction of sp³-hybridized carbons (Fsp3) is 0.400. The van der Waals surface area contributed by atoms with Crippen LogP contribution in [0.5, 0.6) is 0 Å². The van der Waals surface area contributed by atoms with Gasteiger partial charge < -0.3 is 9.80 Å². The summed E-state index contributed by atoms with van der Waals surface area (Å²) in [5, 5.41) is 3.66. The van der Waals surface area contributed by atoms with E-state index in [-0.39, 0.29) is 5.91 Å². The van der Waals surface area contributed by atoms with Gasteiger partial charge in [-0.1, -0.05) is 23.6 Å². The number of anilines is 1. The number of hydrogen-bond acceptors (Lipinski definition) is 3. The molecule has 0 atom stereocenters. The van der Waals surface area contributed by atoms with E-state index in [1.54, 1.807) is 0 Å². The maximum atomic E-state index is 11.9. The average Bonchev–Trinajstić information content (AvgIpc) is 2.47. The van der Waals surface area contributed by atoms with Crippen LogP contribution in [0.15, 0.2) is 24.3 Å². The lowest BCUT2D eigenvalue weighted by atomic mass is 10.2. The molecule has 0 radical (unpaired) electrons. The third-order valence-corrected chi connectivity index (χ3v) is 3.54. The summed E-state index contributed by atoms with van der Waals surface area (Å²) in [6.07, 6.45) is 5.13. The first-order valence-electron chi connectivity index (χ1n) is 6.63. The highest BCUT2D eigenvalue weighted by Crippen LogP contribution is 2.20. The maximum Gasteiger partial charge on any atom is 0.236 e. The topological polar surface area (TPSA) is 35.6 Å². The van der Waals surface area contributed by atoms with Crippen LogP contribution in [0.1, 0.15) is 0 Å². The Labute approximate surface area is 124 Å². The lowest BCUT2D eigenvalue weighted by molar-refractivity contribution is -0.130. The first-order valence-corrected chi connectivity index (χ1v) is 7.01. The number of amides is 1. The van der Waals surface area contributed by atoms with Gasteiger partial charge in [0.25, 0.3) is 0 Å². The zero-order valence-corrected chi connectivity index (χ0v) is 12.1. The number of benzene rings is 1. The number of halogens is 1. The molecule has 0 saturated carbocycles. The number of hydrogen-bond donors (Lipinski definition) is 1. The molecule has 4 nitrogen and oxygen atoms in total. The Morgan fingerprint density at radius 3 is 2.75 bits per heavy atom. The smallest absolute Gasteiger partial charge is 0.236 e. The number of carbonyl (C=O) groups is 1. The van der Waals surface area contributed by atoms with E-state index in [0.717, 1.165) is 36.9 Å². The Bertz CT molecular complexity index is 504. The van der Waals surface area contributed by atoms with E-state index in [1.807, 2.05) is 29.2 Å². The molecule has 20 heavy (non-hydrogen) atoms. The van der Waals surface area contributed by atoms with E-state index in [4.69, 9.17) is 18.0 Å². The van der Waals surface area contributed by atoms with E-state index >= 15 is 0 Å². The minimum absolute atomic E-state index is 0.103. The zero-order valence-electron chi connectivity index (χ0n) is 11.3. The Hall–Kier alpha value is -1.70. The molecule has 1 amide bonds. The number of nitrogens with one attached hydrogen (secondary N) is 1. The van der Waals surface area contributed by atoms with Crippen LogP contribution in [-0.2, 0) is 4.79 Å². The predicted octanol–water partition coefficient (Wildman–Crippen LogP) is 1.21. The number of nitrogens with zero attached hydrogens (tertiary/aromatic N) is 2. The van der Waals surface area contributed by atoms with Crippen LogP contribution in [0.4, 0.5) is 5.69 Å². The van der Waals surface area contributed by atoms with Gasteiger partial charge in [0.15, 0.2) is 0 Å². The molecule has 5 heteroatoms. The summed E-state index contributed by atoms with van der Waals surface area (Å²) in [5.41, 5.74) is 1.11. The molecule has 1 aromatic rings. The Balaban J connectivity index is 1.83. The molecule has 106 valence electrons. The summed E-state index contributed by atoms with van der Waals surface area (Å²) in [6.45, 7) is 3.82. The standard InChI is InChI=1S/C15H18ClN3O/c1-2-6-17-12-15(20)19-9-7-18(8-10-19)14-5-3-4-13(16)11-14/h1,3-5,11,17H,6-10,12H2. The summed E-state index contributed by atoms with van der Waals surface area (Å²) in [5.74, 6) is 2.56. The molecule has 1 saturated heterocycles. The third-order valence-electron chi connectivity index (χ3n) is 3.31. The first-order chi connectivity index (χ1) is 9.70. The molecular formula is C15H18ClN3O. The SMILES string of the molecule is C#CCNCC(=O)N1CCN(c2cccc(Cl)c2)CC1. The fourth-order valence-electron chi connectivity index (χ4n) is 2.24. The highest BCUT2D eigenvalue weighted by atomic mass is 35.5. The van der Waals surface area contributed by atoms with Crippen LogP contribution in [0.3, 0.4) is 0 Å². The average molecular weight is 292 g/mol. The van der Waals surface area contributed by atoms with Crippen molar-refractivity contribution >= 4 is 23.2 Å². The van der Waals surface area contributed by atoms with Gasteiger partial charge in [0.05, 0.1) is 13.1 Å². The van der Waals surface area contributed by atoms with Crippen molar-refractivity contribution < 1.29 is 4.79 Å². The second-order valence-corrected chi connectivity index (χ2v) is 5.09. The summed E-state index contributed by atoms with van der Waals surface area (Å²) in [4.78, 5) is 16.0. The fourth-order valence-corrected chi connectivity index (χ4v) is 2.42. The molecule has 1 aliphatic rings. The summed E-state index contributed by atoms with van der Waals surface area (Å²) >= 11 is 6.00. The molecule has 0 aromatic heterocycles. The quantitative estimate of drug-likeness (QED) is 0.669. The van der Waals surface area contributed by atoms with Gasteiger partial charge >= 0.3 is 0 Å². The lowest BCUT2D eigenvalue weighted by Gasteiger charge is -2.36. The summed E-state index contributed by atoms with van der Waals surface area (Å²) < 4.78 is 0. The number of carbonyl (C=O) groups excluding carboxylic acids is 1. The van der Waals surface area contributed by atoms with Gasteiger partial charge in [0, 0.05) is 36.9 Å². The second kappa shape index (κ2) is 7.18. The van der Waals surface area contributed by atoms with Gasteiger partial charge in [-0.25, -0.2) is 0 Å². The van der Waals surface area contributed by atoms with E-state index in [0.29, 0.717) is 13.1 Å². The highest BCUT2D eigenvalue weighted by molar-refractivity contribution is 6.30. The van der Waals surface area contributed by atoms with Crippen molar-refractivity contribution in [3.05, 3.63) is 29.3 Å². The maximum absolute atomic E-state index is 11.9. The minimum Gasteiger partial charge on any atom is -0.368 e. The van der Waals surface area contributed by atoms with Crippen LogP contribution in [0, 0.1) is 12.3 Å². The van der Waals surface area contributed by atoms with Gasteiger partial charge in [0.1, 0.15) is 0 Å². The van der Waals surface area contributed by atoms with Gasteiger partial charge in [-0.05, 0) is 18.2 Å². The van der Waals surface area contributed by atoms with Crippen molar-refractivity contribution in [1.29, 1.82) is 0 Å².